The number of nitrogens with zero attached hydrogens (tertiary/aromatic N) is 1. The molecule has 1 aromatic carbocycles. The molecule has 0 unspecified atom stereocenters. The molecule has 1 aliphatic rings. The highest BCUT2D eigenvalue weighted by Crippen LogP contribution is 2.28. The summed E-state index contributed by atoms with van der Waals surface area (Å²) >= 11 is 0. The lowest BCUT2D eigenvalue weighted by atomic mass is 10.1. The number of benzene rings is 1. The number of rotatable bonds is 3. The summed E-state index contributed by atoms with van der Waals surface area (Å²) in [4.78, 5) is 22.4. The largest absolute Gasteiger partial charge is 0.482 e. The van der Waals surface area contributed by atoms with Crippen LogP contribution in [0.1, 0.15) is 19.4 Å². The molecule has 20 heavy (non-hydrogen) atoms. The van der Waals surface area contributed by atoms with Crippen molar-refractivity contribution < 1.29 is 19.1 Å². The van der Waals surface area contributed by atoms with Crippen molar-refractivity contribution in [2.45, 2.75) is 13.8 Å². The number of fused-ring (bicyclic) bond motifs is 1. The fourth-order valence-corrected chi connectivity index (χ4v) is 1.67. The first-order valence-electron chi connectivity index (χ1n) is 6.14. The smallest absolute Gasteiger partial charge is 0.427 e. The first kappa shape index (κ1) is 13.9. The van der Waals surface area contributed by atoms with E-state index in [2.05, 4.69) is 15.8 Å². The molecule has 7 heteroatoms. The minimum atomic E-state index is -0.610. The number of hydrazone groups is 1. The Hall–Kier alpha value is -2.57. The lowest BCUT2D eigenvalue weighted by Gasteiger charge is -2.18. The van der Waals surface area contributed by atoms with E-state index >= 15 is 0 Å². The minimum absolute atomic E-state index is 0.0177. The van der Waals surface area contributed by atoms with Crippen LogP contribution in [0.15, 0.2) is 23.3 Å². The molecule has 2 rings (SSSR count). The highest BCUT2D eigenvalue weighted by molar-refractivity contribution is 6.02. The molecule has 2 amide bonds. The number of hydrogen-bond acceptors (Lipinski definition) is 5. The van der Waals surface area contributed by atoms with E-state index in [0.717, 1.165) is 5.56 Å². The number of nitrogens with one attached hydrogen (secondary N) is 2. The number of anilines is 1. The van der Waals surface area contributed by atoms with Crippen LogP contribution >= 0.6 is 0 Å². The zero-order chi connectivity index (χ0) is 14.5. The molecule has 1 heterocycles. The third-order valence-corrected chi connectivity index (χ3v) is 2.62. The molecule has 0 atom stereocenters. The Morgan fingerprint density at radius 3 is 3.10 bits per heavy atom. The van der Waals surface area contributed by atoms with Crippen LogP contribution in [-0.2, 0) is 9.53 Å². The summed E-state index contributed by atoms with van der Waals surface area (Å²) in [6.07, 6.45) is -0.610. The molecular formula is C13H15N3O4. The van der Waals surface area contributed by atoms with E-state index < -0.39 is 6.09 Å². The van der Waals surface area contributed by atoms with Crippen molar-refractivity contribution >= 4 is 23.4 Å². The zero-order valence-corrected chi connectivity index (χ0v) is 11.2. The average molecular weight is 277 g/mol. The number of amides is 2. The van der Waals surface area contributed by atoms with Crippen LogP contribution in [0.3, 0.4) is 0 Å². The summed E-state index contributed by atoms with van der Waals surface area (Å²) in [5.74, 6) is 0.411. The normalized spacial score (nSPS) is 13.9. The Morgan fingerprint density at radius 1 is 1.55 bits per heavy atom. The van der Waals surface area contributed by atoms with Crippen LogP contribution in [0.4, 0.5) is 10.5 Å². The van der Waals surface area contributed by atoms with Crippen LogP contribution < -0.4 is 15.5 Å². The van der Waals surface area contributed by atoms with Gasteiger partial charge < -0.3 is 14.8 Å². The van der Waals surface area contributed by atoms with Crippen LogP contribution in [0, 0.1) is 0 Å². The van der Waals surface area contributed by atoms with E-state index in [-0.39, 0.29) is 19.1 Å². The van der Waals surface area contributed by atoms with Gasteiger partial charge in [0.05, 0.1) is 18.0 Å². The molecule has 0 spiro atoms. The lowest BCUT2D eigenvalue weighted by Crippen LogP contribution is -2.25. The number of carbonyl (C=O) groups is 2. The van der Waals surface area contributed by atoms with Gasteiger partial charge in [-0.1, -0.05) is 0 Å². The molecule has 2 N–H and O–H groups in total. The maximum Gasteiger partial charge on any atom is 0.427 e. The summed E-state index contributed by atoms with van der Waals surface area (Å²) in [6, 6.07) is 5.27. The first-order chi connectivity index (χ1) is 9.60. The van der Waals surface area contributed by atoms with E-state index in [1.165, 1.54) is 0 Å². The average Bonchev–Trinajstić information content (AvgIpc) is 2.44. The van der Waals surface area contributed by atoms with Crippen LogP contribution in [0.2, 0.25) is 0 Å². The summed E-state index contributed by atoms with van der Waals surface area (Å²) in [7, 11) is 0. The quantitative estimate of drug-likeness (QED) is 0.647. The third kappa shape index (κ3) is 3.25. The Morgan fingerprint density at radius 2 is 2.35 bits per heavy atom. The van der Waals surface area contributed by atoms with Gasteiger partial charge in [-0.2, -0.15) is 5.10 Å². The van der Waals surface area contributed by atoms with E-state index in [1.807, 2.05) is 0 Å². The van der Waals surface area contributed by atoms with Gasteiger partial charge >= 0.3 is 6.09 Å². The predicted octanol–water partition coefficient (Wildman–Crippen LogP) is 1.49. The molecule has 1 aromatic rings. The molecule has 0 bridgehead atoms. The second-order valence-electron chi connectivity index (χ2n) is 4.08. The maximum atomic E-state index is 11.3. The van der Waals surface area contributed by atoms with Gasteiger partial charge in [0.1, 0.15) is 5.75 Å². The summed E-state index contributed by atoms with van der Waals surface area (Å²) in [5, 5.41) is 6.63. The maximum absolute atomic E-state index is 11.3. The van der Waals surface area contributed by atoms with Crippen LogP contribution in [-0.4, -0.2) is 30.9 Å². The van der Waals surface area contributed by atoms with E-state index in [9.17, 15) is 9.59 Å². The molecule has 0 saturated carbocycles. The fraction of sp³-hybridized carbons (Fsp3) is 0.308. The highest BCUT2D eigenvalue weighted by atomic mass is 16.5. The molecule has 0 fully saturated rings. The van der Waals surface area contributed by atoms with Gasteiger partial charge in [0, 0.05) is 0 Å². The second-order valence-corrected chi connectivity index (χ2v) is 4.08. The van der Waals surface area contributed by atoms with Crippen molar-refractivity contribution in [3.8, 4) is 5.75 Å². The zero-order valence-electron chi connectivity index (χ0n) is 11.2. The SMILES string of the molecule is CCOC(=O)N/N=C(\C)c1ccc2c(c1)NC(=O)CO2. The van der Waals surface area contributed by atoms with Gasteiger partial charge in [0.25, 0.3) is 5.91 Å². The van der Waals surface area contributed by atoms with Gasteiger partial charge in [-0.25, -0.2) is 10.2 Å². The van der Waals surface area contributed by atoms with Crippen LogP contribution in [0.25, 0.3) is 0 Å². The van der Waals surface area contributed by atoms with Gasteiger partial charge in [0.15, 0.2) is 6.61 Å². The monoisotopic (exact) mass is 277 g/mol. The van der Waals surface area contributed by atoms with E-state index in [4.69, 9.17) is 9.47 Å². The standard InChI is InChI=1S/C13H15N3O4/c1-3-19-13(18)16-15-8(2)9-4-5-11-10(6-9)14-12(17)7-20-11/h4-6H,3,7H2,1-2H3,(H,14,17)(H,16,18)/b15-8+. The van der Waals surface area contributed by atoms with Gasteiger partial charge in [-0.05, 0) is 37.6 Å². The first-order valence-corrected chi connectivity index (χ1v) is 6.14. The molecule has 0 aromatic heterocycles. The molecule has 7 nitrogen and oxygen atoms in total. The molecule has 0 radical (unpaired) electrons. The molecule has 0 saturated heterocycles. The second kappa shape index (κ2) is 6.05. The van der Waals surface area contributed by atoms with E-state index in [0.29, 0.717) is 17.1 Å². The van der Waals surface area contributed by atoms with Crippen molar-refractivity contribution in [2.24, 2.45) is 5.10 Å². The molecular weight excluding hydrogens is 262 g/mol. The number of hydrogen-bond donors (Lipinski definition) is 2. The topological polar surface area (TPSA) is 89.0 Å². The third-order valence-electron chi connectivity index (χ3n) is 2.62. The number of carbonyl (C=O) groups excluding carboxylic acids is 2. The summed E-state index contributed by atoms with van der Waals surface area (Å²) in [6.45, 7) is 3.74. The predicted molar refractivity (Wildman–Crippen MR) is 72.9 cm³/mol. The van der Waals surface area contributed by atoms with Crippen molar-refractivity contribution in [1.82, 2.24) is 5.43 Å². The number of ether oxygens (including phenoxy) is 2. The fourth-order valence-electron chi connectivity index (χ4n) is 1.67. The van der Waals surface area contributed by atoms with Gasteiger partial charge in [-0.15, -0.1) is 0 Å². The Balaban J connectivity index is 2.12. The van der Waals surface area contributed by atoms with Crippen molar-refractivity contribution in [2.75, 3.05) is 18.5 Å². The highest BCUT2D eigenvalue weighted by Gasteiger charge is 2.16. The van der Waals surface area contributed by atoms with Crippen molar-refractivity contribution in [3.63, 3.8) is 0 Å². The minimum Gasteiger partial charge on any atom is -0.482 e. The Kier molecular flexibility index (Phi) is 4.19. The van der Waals surface area contributed by atoms with Crippen molar-refractivity contribution in [1.29, 1.82) is 0 Å². The summed E-state index contributed by atoms with van der Waals surface area (Å²) < 4.78 is 9.96. The van der Waals surface area contributed by atoms with Gasteiger partial charge in [-0.3, -0.25) is 4.79 Å². The van der Waals surface area contributed by atoms with Gasteiger partial charge in [0.2, 0.25) is 0 Å². The Labute approximate surface area is 115 Å². The molecule has 0 aliphatic carbocycles. The molecule has 106 valence electrons. The Bertz CT molecular complexity index is 569. The van der Waals surface area contributed by atoms with E-state index in [1.54, 1.807) is 32.0 Å². The summed E-state index contributed by atoms with van der Waals surface area (Å²) in [5.41, 5.74) is 4.21. The van der Waals surface area contributed by atoms with Crippen molar-refractivity contribution in [3.05, 3.63) is 23.8 Å². The molecule has 1 aliphatic heterocycles. The lowest BCUT2D eigenvalue weighted by molar-refractivity contribution is -0.118. The van der Waals surface area contributed by atoms with Crippen LogP contribution in [0.5, 0.6) is 5.75 Å².